The van der Waals surface area contributed by atoms with E-state index in [9.17, 15) is 13.6 Å². The SMILES string of the molecule is O=C(CCc1cc(F)ccc1F)N1CCC(OCc2ccccc2)CC1. The summed E-state index contributed by atoms with van der Waals surface area (Å²) in [6.45, 7) is 1.87. The summed E-state index contributed by atoms with van der Waals surface area (Å²) in [4.78, 5) is 14.1. The Kier molecular flexibility index (Phi) is 6.34. The summed E-state index contributed by atoms with van der Waals surface area (Å²) in [5.74, 6) is -0.965. The van der Waals surface area contributed by atoms with Gasteiger partial charge in [0.15, 0.2) is 0 Å². The third-order valence-corrected chi connectivity index (χ3v) is 4.74. The smallest absolute Gasteiger partial charge is 0.222 e. The van der Waals surface area contributed by atoms with Crippen LogP contribution in [0.2, 0.25) is 0 Å². The molecule has 1 heterocycles. The van der Waals surface area contributed by atoms with Crippen LogP contribution in [-0.2, 0) is 22.6 Å². The molecule has 1 saturated heterocycles. The molecule has 0 radical (unpaired) electrons. The normalized spacial score (nSPS) is 15.2. The molecule has 5 heteroatoms. The van der Waals surface area contributed by atoms with Gasteiger partial charge in [0, 0.05) is 19.5 Å². The van der Waals surface area contributed by atoms with Gasteiger partial charge in [-0.15, -0.1) is 0 Å². The number of aryl methyl sites for hydroxylation is 1. The summed E-state index contributed by atoms with van der Waals surface area (Å²) in [7, 11) is 0. The van der Waals surface area contributed by atoms with Crippen molar-refractivity contribution >= 4 is 5.91 Å². The van der Waals surface area contributed by atoms with E-state index in [0.717, 1.165) is 36.6 Å². The molecular formula is C21H23F2NO2. The second-order valence-electron chi connectivity index (χ2n) is 6.61. The van der Waals surface area contributed by atoms with Gasteiger partial charge in [0.1, 0.15) is 11.6 Å². The number of carbonyl (C=O) groups excluding carboxylic acids is 1. The highest BCUT2D eigenvalue weighted by molar-refractivity contribution is 5.76. The predicted molar refractivity (Wildman–Crippen MR) is 95.5 cm³/mol. The molecule has 1 fully saturated rings. The average Bonchev–Trinajstić information content (AvgIpc) is 2.68. The fraction of sp³-hybridized carbons (Fsp3) is 0.381. The number of rotatable bonds is 6. The van der Waals surface area contributed by atoms with Gasteiger partial charge in [0.05, 0.1) is 12.7 Å². The predicted octanol–water partition coefficient (Wildman–Crippen LogP) is 4.11. The highest BCUT2D eigenvalue weighted by Crippen LogP contribution is 2.18. The van der Waals surface area contributed by atoms with Crippen LogP contribution in [0.1, 0.15) is 30.4 Å². The summed E-state index contributed by atoms with van der Waals surface area (Å²) in [5.41, 5.74) is 1.39. The Balaban J connectivity index is 1.41. The van der Waals surface area contributed by atoms with Crippen LogP contribution in [0, 0.1) is 11.6 Å². The number of benzene rings is 2. The van der Waals surface area contributed by atoms with E-state index >= 15 is 0 Å². The number of nitrogens with zero attached hydrogens (tertiary/aromatic N) is 1. The standard InChI is InChI=1S/C21H23F2NO2/c22-18-7-8-20(23)17(14-18)6-9-21(25)24-12-10-19(11-13-24)26-15-16-4-2-1-3-5-16/h1-5,7-8,14,19H,6,9-13,15H2. The first-order valence-electron chi connectivity index (χ1n) is 8.99. The van der Waals surface area contributed by atoms with Crippen molar-refractivity contribution < 1.29 is 18.3 Å². The number of amides is 1. The lowest BCUT2D eigenvalue weighted by molar-refractivity contribution is -0.134. The van der Waals surface area contributed by atoms with Crippen molar-refractivity contribution in [3.63, 3.8) is 0 Å². The van der Waals surface area contributed by atoms with Crippen molar-refractivity contribution in [2.45, 2.75) is 38.4 Å². The summed E-state index contributed by atoms with van der Waals surface area (Å²) in [6, 6.07) is 13.4. The molecule has 3 nitrogen and oxygen atoms in total. The number of carbonyl (C=O) groups is 1. The molecule has 138 valence electrons. The molecule has 0 unspecified atom stereocenters. The lowest BCUT2D eigenvalue weighted by Gasteiger charge is -2.32. The second-order valence-corrected chi connectivity index (χ2v) is 6.61. The first-order valence-corrected chi connectivity index (χ1v) is 8.99. The van der Waals surface area contributed by atoms with Crippen LogP contribution in [0.25, 0.3) is 0 Å². The number of hydrogen-bond donors (Lipinski definition) is 0. The highest BCUT2D eigenvalue weighted by atomic mass is 19.1. The van der Waals surface area contributed by atoms with Gasteiger partial charge in [-0.3, -0.25) is 4.79 Å². The first kappa shape index (κ1) is 18.5. The van der Waals surface area contributed by atoms with Crippen molar-refractivity contribution in [3.05, 3.63) is 71.3 Å². The van der Waals surface area contributed by atoms with E-state index in [1.807, 2.05) is 30.3 Å². The molecule has 2 aromatic rings. The van der Waals surface area contributed by atoms with Gasteiger partial charge in [-0.2, -0.15) is 0 Å². The van der Waals surface area contributed by atoms with E-state index < -0.39 is 11.6 Å². The number of halogens is 2. The Hall–Kier alpha value is -2.27. The Morgan fingerprint density at radius 1 is 1.08 bits per heavy atom. The second kappa shape index (κ2) is 8.90. The van der Waals surface area contributed by atoms with Gasteiger partial charge in [0.2, 0.25) is 5.91 Å². The molecule has 0 atom stereocenters. The lowest BCUT2D eigenvalue weighted by Crippen LogP contribution is -2.41. The number of likely N-dealkylation sites (tertiary alicyclic amines) is 1. The van der Waals surface area contributed by atoms with Crippen LogP contribution in [0.5, 0.6) is 0 Å². The molecule has 1 amide bonds. The Labute approximate surface area is 152 Å². The van der Waals surface area contributed by atoms with Crippen LogP contribution in [0.4, 0.5) is 8.78 Å². The Bertz CT molecular complexity index is 728. The van der Waals surface area contributed by atoms with Crippen LogP contribution in [0.3, 0.4) is 0 Å². The van der Waals surface area contributed by atoms with Crippen LogP contribution < -0.4 is 0 Å². The van der Waals surface area contributed by atoms with Crippen molar-refractivity contribution in [2.24, 2.45) is 0 Å². The fourth-order valence-corrected chi connectivity index (χ4v) is 3.19. The zero-order valence-corrected chi connectivity index (χ0v) is 14.7. The number of ether oxygens (including phenoxy) is 1. The Morgan fingerprint density at radius 3 is 2.54 bits per heavy atom. The molecule has 1 aliphatic rings. The summed E-state index contributed by atoms with van der Waals surface area (Å²) >= 11 is 0. The third-order valence-electron chi connectivity index (χ3n) is 4.74. The lowest BCUT2D eigenvalue weighted by atomic mass is 10.0. The van der Waals surface area contributed by atoms with Crippen LogP contribution >= 0.6 is 0 Å². The van der Waals surface area contributed by atoms with Crippen LogP contribution in [0.15, 0.2) is 48.5 Å². The molecule has 0 aliphatic carbocycles. The van der Waals surface area contributed by atoms with Gasteiger partial charge in [-0.25, -0.2) is 8.78 Å². The van der Waals surface area contributed by atoms with Crippen molar-refractivity contribution in [2.75, 3.05) is 13.1 Å². The van der Waals surface area contributed by atoms with E-state index in [1.165, 1.54) is 0 Å². The molecule has 0 spiro atoms. The molecule has 0 bridgehead atoms. The largest absolute Gasteiger partial charge is 0.373 e. The van der Waals surface area contributed by atoms with Crippen LogP contribution in [-0.4, -0.2) is 30.0 Å². The molecule has 0 aromatic heterocycles. The maximum atomic E-state index is 13.6. The number of hydrogen-bond acceptors (Lipinski definition) is 2. The fourth-order valence-electron chi connectivity index (χ4n) is 3.19. The molecule has 3 rings (SSSR count). The topological polar surface area (TPSA) is 29.5 Å². The third kappa shape index (κ3) is 5.11. The van der Waals surface area contributed by atoms with Gasteiger partial charge in [-0.1, -0.05) is 30.3 Å². The van der Waals surface area contributed by atoms with Crippen molar-refractivity contribution in [1.29, 1.82) is 0 Å². The molecule has 2 aromatic carbocycles. The van der Waals surface area contributed by atoms with E-state index in [-0.39, 0.29) is 30.4 Å². The summed E-state index contributed by atoms with van der Waals surface area (Å²) in [6.07, 6.45) is 2.16. The van der Waals surface area contributed by atoms with Gasteiger partial charge in [0.25, 0.3) is 0 Å². The molecule has 1 aliphatic heterocycles. The zero-order chi connectivity index (χ0) is 18.4. The van der Waals surface area contributed by atoms with E-state index in [2.05, 4.69) is 0 Å². The Morgan fingerprint density at radius 2 is 1.81 bits per heavy atom. The van der Waals surface area contributed by atoms with Gasteiger partial charge < -0.3 is 9.64 Å². The highest BCUT2D eigenvalue weighted by Gasteiger charge is 2.23. The molecule has 0 saturated carbocycles. The zero-order valence-electron chi connectivity index (χ0n) is 14.7. The minimum absolute atomic E-state index is 0.0184. The van der Waals surface area contributed by atoms with Gasteiger partial charge in [-0.05, 0) is 48.6 Å². The summed E-state index contributed by atoms with van der Waals surface area (Å²) in [5, 5.41) is 0. The minimum atomic E-state index is -0.481. The van der Waals surface area contributed by atoms with E-state index in [1.54, 1.807) is 4.90 Å². The quantitative estimate of drug-likeness (QED) is 0.777. The number of piperidine rings is 1. The summed E-state index contributed by atoms with van der Waals surface area (Å²) < 4.78 is 32.7. The molecule has 26 heavy (non-hydrogen) atoms. The van der Waals surface area contributed by atoms with Crippen molar-refractivity contribution in [3.8, 4) is 0 Å². The van der Waals surface area contributed by atoms with E-state index in [0.29, 0.717) is 19.7 Å². The molecule has 0 N–H and O–H groups in total. The van der Waals surface area contributed by atoms with Crippen molar-refractivity contribution in [1.82, 2.24) is 4.90 Å². The maximum absolute atomic E-state index is 13.6. The maximum Gasteiger partial charge on any atom is 0.222 e. The van der Waals surface area contributed by atoms with E-state index in [4.69, 9.17) is 4.74 Å². The molecular weight excluding hydrogens is 336 g/mol. The first-order chi connectivity index (χ1) is 12.6. The van der Waals surface area contributed by atoms with Gasteiger partial charge >= 0.3 is 0 Å². The monoisotopic (exact) mass is 359 g/mol. The average molecular weight is 359 g/mol. The minimum Gasteiger partial charge on any atom is -0.373 e.